The van der Waals surface area contributed by atoms with E-state index in [1.165, 1.54) is 0 Å². The van der Waals surface area contributed by atoms with Gasteiger partial charge >= 0.3 is 0 Å². The van der Waals surface area contributed by atoms with Gasteiger partial charge in [-0.2, -0.15) is 5.26 Å². The highest BCUT2D eigenvalue weighted by molar-refractivity contribution is 9.10. The molecule has 0 saturated heterocycles. The van der Waals surface area contributed by atoms with Crippen molar-refractivity contribution in [2.75, 3.05) is 5.32 Å². The summed E-state index contributed by atoms with van der Waals surface area (Å²) < 4.78 is 0.956. The number of hydrogen-bond acceptors (Lipinski definition) is 2. The smallest absolute Gasteiger partial charge is 0.140 e. The number of hydrogen-bond donors (Lipinski definition) is 1. The molecule has 0 aliphatic heterocycles. The summed E-state index contributed by atoms with van der Waals surface area (Å²) in [4.78, 5) is 0. The Morgan fingerprint density at radius 3 is 2.61 bits per heavy atom. The lowest BCUT2D eigenvalue weighted by Crippen LogP contribution is -2.08. The maximum absolute atomic E-state index is 9.29. The SMILES string of the molecule is Cc1cccc(C(C#N)Nc2ccccc2Br)c1. The summed E-state index contributed by atoms with van der Waals surface area (Å²) in [6.45, 7) is 2.02. The lowest BCUT2D eigenvalue weighted by Gasteiger charge is -2.15. The summed E-state index contributed by atoms with van der Waals surface area (Å²) in [5.74, 6) is 0. The van der Waals surface area contributed by atoms with Gasteiger partial charge in [-0.15, -0.1) is 0 Å². The number of nitriles is 1. The van der Waals surface area contributed by atoms with E-state index in [1.807, 2.05) is 55.5 Å². The predicted molar refractivity (Wildman–Crippen MR) is 77.3 cm³/mol. The Morgan fingerprint density at radius 2 is 1.94 bits per heavy atom. The van der Waals surface area contributed by atoms with Gasteiger partial charge in [0.15, 0.2) is 0 Å². The van der Waals surface area contributed by atoms with Crippen molar-refractivity contribution in [1.82, 2.24) is 0 Å². The highest BCUT2D eigenvalue weighted by Gasteiger charge is 2.11. The fraction of sp³-hybridized carbons (Fsp3) is 0.133. The van der Waals surface area contributed by atoms with E-state index in [4.69, 9.17) is 0 Å². The second-order valence-corrected chi connectivity index (χ2v) is 4.95. The fourth-order valence-corrected chi connectivity index (χ4v) is 2.17. The van der Waals surface area contributed by atoms with Gasteiger partial charge in [-0.05, 0) is 40.5 Å². The molecule has 2 aromatic carbocycles. The minimum atomic E-state index is -0.344. The molecule has 2 aromatic rings. The second kappa shape index (κ2) is 5.70. The summed E-state index contributed by atoms with van der Waals surface area (Å²) >= 11 is 3.47. The quantitative estimate of drug-likeness (QED) is 0.910. The first-order valence-corrected chi connectivity index (χ1v) is 6.47. The van der Waals surface area contributed by atoms with Gasteiger partial charge in [0.1, 0.15) is 6.04 Å². The van der Waals surface area contributed by atoms with Crippen LogP contribution in [0.15, 0.2) is 53.0 Å². The lowest BCUT2D eigenvalue weighted by molar-refractivity contribution is 0.992. The molecule has 0 spiro atoms. The van der Waals surface area contributed by atoms with E-state index in [9.17, 15) is 5.26 Å². The van der Waals surface area contributed by atoms with Crippen molar-refractivity contribution in [2.24, 2.45) is 0 Å². The first-order valence-electron chi connectivity index (χ1n) is 5.68. The molecule has 18 heavy (non-hydrogen) atoms. The number of rotatable bonds is 3. The molecule has 0 bridgehead atoms. The van der Waals surface area contributed by atoms with E-state index in [-0.39, 0.29) is 6.04 Å². The summed E-state index contributed by atoms with van der Waals surface area (Å²) in [6.07, 6.45) is 0. The third-order valence-corrected chi connectivity index (χ3v) is 3.37. The largest absolute Gasteiger partial charge is 0.365 e. The van der Waals surface area contributed by atoms with Crippen molar-refractivity contribution in [3.05, 3.63) is 64.1 Å². The van der Waals surface area contributed by atoms with Gasteiger partial charge in [0.2, 0.25) is 0 Å². The van der Waals surface area contributed by atoms with Crippen molar-refractivity contribution in [3.8, 4) is 6.07 Å². The van der Waals surface area contributed by atoms with E-state index in [2.05, 4.69) is 27.3 Å². The zero-order chi connectivity index (χ0) is 13.0. The van der Waals surface area contributed by atoms with Crippen molar-refractivity contribution < 1.29 is 0 Å². The van der Waals surface area contributed by atoms with Crippen LogP contribution in [0.3, 0.4) is 0 Å². The number of nitrogens with one attached hydrogen (secondary N) is 1. The van der Waals surface area contributed by atoms with Crippen LogP contribution in [0.1, 0.15) is 17.2 Å². The zero-order valence-electron chi connectivity index (χ0n) is 10.0. The van der Waals surface area contributed by atoms with E-state index >= 15 is 0 Å². The van der Waals surface area contributed by atoms with E-state index < -0.39 is 0 Å². The highest BCUT2D eigenvalue weighted by Crippen LogP contribution is 2.26. The molecule has 90 valence electrons. The normalized spacial score (nSPS) is 11.6. The number of para-hydroxylation sites is 1. The second-order valence-electron chi connectivity index (χ2n) is 4.10. The number of anilines is 1. The Kier molecular flexibility index (Phi) is 4.01. The van der Waals surface area contributed by atoms with E-state index in [1.54, 1.807) is 0 Å². The minimum Gasteiger partial charge on any atom is -0.365 e. The van der Waals surface area contributed by atoms with Gasteiger partial charge in [0, 0.05) is 10.2 Å². The van der Waals surface area contributed by atoms with Crippen molar-refractivity contribution in [2.45, 2.75) is 13.0 Å². The molecule has 0 aromatic heterocycles. The molecule has 0 aliphatic rings. The van der Waals surface area contributed by atoms with Gasteiger partial charge in [0.05, 0.1) is 6.07 Å². The molecule has 0 fully saturated rings. The van der Waals surface area contributed by atoms with E-state index in [0.717, 1.165) is 21.3 Å². The van der Waals surface area contributed by atoms with Crippen LogP contribution in [0.4, 0.5) is 5.69 Å². The van der Waals surface area contributed by atoms with Crippen LogP contribution in [0.5, 0.6) is 0 Å². The first-order chi connectivity index (χ1) is 8.70. The molecule has 2 nitrogen and oxygen atoms in total. The van der Waals surface area contributed by atoms with Gasteiger partial charge in [-0.25, -0.2) is 0 Å². The van der Waals surface area contributed by atoms with Gasteiger partial charge in [0.25, 0.3) is 0 Å². The average Bonchev–Trinajstić information content (AvgIpc) is 2.38. The van der Waals surface area contributed by atoms with E-state index in [0.29, 0.717) is 0 Å². The fourth-order valence-electron chi connectivity index (χ4n) is 1.77. The maximum atomic E-state index is 9.29. The third kappa shape index (κ3) is 2.91. The van der Waals surface area contributed by atoms with Crippen LogP contribution in [-0.4, -0.2) is 0 Å². The standard InChI is InChI=1S/C15H13BrN2/c1-11-5-4-6-12(9-11)15(10-17)18-14-8-3-2-7-13(14)16/h2-9,15,18H,1H3. The molecule has 0 saturated carbocycles. The molecule has 1 unspecified atom stereocenters. The Morgan fingerprint density at radius 1 is 1.17 bits per heavy atom. The predicted octanol–water partition coefficient (Wildman–Crippen LogP) is 4.43. The van der Waals surface area contributed by atoms with Crippen LogP contribution in [0.2, 0.25) is 0 Å². The molecule has 0 amide bonds. The van der Waals surface area contributed by atoms with Gasteiger partial charge < -0.3 is 5.32 Å². The number of nitrogens with zero attached hydrogens (tertiary/aromatic N) is 1. The molecule has 1 N–H and O–H groups in total. The van der Waals surface area contributed by atoms with Gasteiger partial charge in [-0.1, -0.05) is 42.0 Å². The third-order valence-electron chi connectivity index (χ3n) is 2.68. The zero-order valence-corrected chi connectivity index (χ0v) is 11.6. The Bertz CT molecular complexity index is 587. The van der Waals surface area contributed by atoms with Crippen LogP contribution in [0.25, 0.3) is 0 Å². The summed E-state index contributed by atoms with van der Waals surface area (Å²) in [5.41, 5.74) is 3.06. The number of benzene rings is 2. The van der Waals surface area contributed by atoms with Crippen LogP contribution < -0.4 is 5.32 Å². The highest BCUT2D eigenvalue weighted by atomic mass is 79.9. The van der Waals surface area contributed by atoms with Gasteiger partial charge in [-0.3, -0.25) is 0 Å². The molecule has 3 heteroatoms. The molecular weight excluding hydrogens is 288 g/mol. The van der Waals surface area contributed by atoms with Crippen LogP contribution in [0, 0.1) is 18.3 Å². The van der Waals surface area contributed by atoms with Crippen molar-refractivity contribution in [3.63, 3.8) is 0 Å². The Balaban J connectivity index is 2.26. The van der Waals surface area contributed by atoms with Crippen molar-refractivity contribution in [1.29, 1.82) is 5.26 Å². The van der Waals surface area contributed by atoms with Crippen LogP contribution in [-0.2, 0) is 0 Å². The summed E-state index contributed by atoms with van der Waals surface area (Å²) in [5, 5.41) is 12.5. The lowest BCUT2D eigenvalue weighted by atomic mass is 10.1. The topological polar surface area (TPSA) is 35.8 Å². The number of halogens is 1. The average molecular weight is 301 g/mol. The molecule has 0 aliphatic carbocycles. The first kappa shape index (κ1) is 12.7. The van der Waals surface area contributed by atoms with Crippen molar-refractivity contribution >= 4 is 21.6 Å². The Labute approximate surface area is 115 Å². The molecule has 2 rings (SSSR count). The molecule has 0 radical (unpaired) electrons. The molecule has 0 heterocycles. The van der Waals surface area contributed by atoms with Crippen LogP contribution >= 0.6 is 15.9 Å². The monoisotopic (exact) mass is 300 g/mol. The summed E-state index contributed by atoms with van der Waals surface area (Å²) in [6, 6.07) is 17.7. The maximum Gasteiger partial charge on any atom is 0.140 e. The Hall–Kier alpha value is -1.79. The molecule has 1 atom stereocenters. The number of aryl methyl sites for hydroxylation is 1. The molecular formula is C15H13BrN2. The minimum absolute atomic E-state index is 0.344. The summed E-state index contributed by atoms with van der Waals surface area (Å²) in [7, 11) is 0.